The molecule has 0 bridgehead atoms. The van der Waals surface area contributed by atoms with Crippen molar-refractivity contribution in [3.8, 4) is 0 Å². The average molecular weight is 254 g/mol. The summed E-state index contributed by atoms with van der Waals surface area (Å²) in [4.78, 5) is 2.73. The molecule has 1 fully saturated rings. The standard InChI is InChI=1S/C16H34N2/c1-7-9-17-11-15(13(2)3)18-10-8-14(12-18)16(4,5)6/h13-15,17H,7-12H2,1-6H3. The highest BCUT2D eigenvalue weighted by Crippen LogP contribution is 2.35. The Bertz CT molecular complexity index is 230. The van der Waals surface area contributed by atoms with Crippen molar-refractivity contribution >= 4 is 0 Å². The van der Waals surface area contributed by atoms with Crippen LogP contribution >= 0.6 is 0 Å². The first kappa shape index (κ1) is 16.0. The van der Waals surface area contributed by atoms with Gasteiger partial charge in [-0.05, 0) is 43.2 Å². The summed E-state index contributed by atoms with van der Waals surface area (Å²) in [5, 5.41) is 3.61. The van der Waals surface area contributed by atoms with E-state index < -0.39 is 0 Å². The van der Waals surface area contributed by atoms with Gasteiger partial charge in [0.1, 0.15) is 0 Å². The number of hydrogen-bond donors (Lipinski definition) is 1. The van der Waals surface area contributed by atoms with E-state index >= 15 is 0 Å². The summed E-state index contributed by atoms with van der Waals surface area (Å²) in [6.45, 7) is 19.0. The van der Waals surface area contributed by atoms with Crippen LogP contribution in [0.1, 0.15) is 54.4 Å². The first-order valence-electron chi connectivity index (χ1n) is 7.81. The molecule has 0 radical (unpaired) electrons. The number of likely N-dealkylation sites (tertiary alicyclic amines) is 1. The Labute approximate surface area is 115 Å². The van der Waals surface area contributed by atoms with E-state index in [1.807, 2.05) is 0 Å². The summed E-state index contributed by atoms with van der Waals surface area (Å²) in [6, 6.07) is 0.712. The summed E-state index contributed by atoms with van der Waals surface area (Å²) in [6.07, 6.45) is 2.61. The number of rotatable bonds is 6. The third-order valence-electron chi connectivity index (χ3n) is 4.46. The predicted molar refractivity (Wildman–Crippen MR) is 80.9 cm³/mol. The van der Waals surface area contributed by atoms with Crippen molar-refractivity contribution in [2.75, 3.05) is 26.2 Å². The molecule has 0 saturated carbocycles. The number of nitrogens with zero attached hydrogens (tertiary/aromatic N) is 1. The van der Waals surface area contributed by atoms with Gasteiger partial charge in [-0.1, -0.05) is 41.5 Å². The van der Waals surface area contributed by atoms with E-state index in [0.29, 0.717) is 11.5 Å². The fourth-order valence-corrected chi connectivity index (χ4v) is 3.01. The fraction of sp³-hybridized carbons (Fsp3) is 1.00. The van der Waals surface area contributed by atoms with Gasteiger partial charge < -0.3 is 5.32 Å². The first-order valence-corrected chi connectivity index (χ1v) is 7.81. The maximum atomic E-state index is 3.61. The number of hydrogen-bond acceptors (Lipinski definition) is 2. The third-order valence-corrected chi connectivity index (χ3v) is 4.46. The van der Waals surface area contributed by atoms with Crippen molar-refractivity contribution in [2.24, 2.45) is 17.3 Å². The monoisotopic (exact) mass is 254 g/mol. The second-order valence-electron chi connectivity index (χ2n) is 7.36. The average Bonchev–Trinajstić information content (AvgIpc) is 2.72. The van der Waals surface area contributed by atoms with Gasteiger partial charge in [0.05, 0.1) is 0 Å². The van der Waals surface area contributed by atoms with Crippen LogP contribution in [-0.4, -0.2) is 37.1 Å². The minimum atomic E-state index is 0.465. The zero-order chi connectivity index (χ0) is 13.8. The van der Waals surface area contributed by atoms with Crippen LogP contribution in [0.3, 0.4) is 0 Å². The Morgan fingerprint density at radius 1 is 1.28 bits per heavy atom. The zero-order valence-corrected chi connectivity index (χ0v) is 13.4. The molecule has 0 aliphatic carbocycles. The highest BCUT2D eigenvalue weighted by atomic mass is 15.2. The Morgan fingerprint density at radius 2 is 1.94 bits per heavy atom. The van der Waals surface area contributed by atoms with Gasteiger partial charge >= 0.3 is 0 Å². The molecule has 1 aliphatic heterocycles. The summed E-state index contributed by atoms with van der Waals surface area (Å²) in [7, 11) is 0. The molecule has 0 aromatic carbocycles. The molecule has 0 aromatic rings. The van der Waals surface area contributed by atoms with E-state index in [4.69, 9.17) is 0 Å². The molecule has 1 aliphatic rings. The summed E-state index contributed by atoms with van der Waals surface area (Å²) >= 11 is 0. The molecule has 0 aromatic heterocycles. The molecule has 1 rings (SSSR count). The normalized spacial score (nSPS) is 23.8. The molecule has 2 unspecified atom stereocenters. The lowest BCUT2D eigenvalue weighted by Gasteiger charge is -2.33. The fourth-order valence-electron chi connectivity index (χ4n) is 3.01. The van der Waals surface area contributed by atoms with Gasteiger partial charge in [0.25, 0.3) is 0 Å². The largest absolute Gasteiger partial charge is 0.315 e. The molecule has 2 heteroatoms. The van der Waals surface area contributed by atoms with Gasteiger partial charge in [0.15, 0.2) is 0 Å². The molecule has 1 saturated heterocycles. The molecule has 18 heavy (non-hydrogen) atoms. The predicted octanol–water partition coefficient (Wildman–Crippen LogP) is 3.38. The smallest absolute Gasteiger partial charge is 0.0243 e. The lowest BCUT2D eigenvalue weighted by Crippen LogP contribution is -2.45. The van der Waals surface area contributed by atoms with Crippen molar-refractivity contribution in [3.63, 3.8) is 0 Å². The van der Waals surface area contributed by atoms with Crippen molar-refractivity contribution in [1.29, 1.82) is 0 Å². The maximum Gasteiger partial charge on any atom is 0.0243 e. The quantitative estimate of drug-likeness (QED) is 0.731. The Morgan fingerprint density at radius 3 is 2.39 bits per heavy atom. The molecule has 1 N–H and O–H groups in total. The Kier molecular flexibility index (Phi) is 6.13. The minimum absolute atomic E-state index is 0.465. The van der Waals surface area contributed by atoms with Crippen LogP contribution in [-0.2, 0) is 0 Å². The molecular formula is C16H34N2. The van der Waals surface area contributed by atoms with Crippen molar-refractivity contribution in [2.45, 2.75) is 60.4 Å². The van der Waals surface area contributed by atoms with Gasteiger partial charge in [-0.25, -0.2) is 0 Å². The lowest BCUT2D eigenvalue weighted by molar-refractivity contribution is 0.160. The molecule has 0 amide bonds. The van der Waals surface area contributed by atoms with Crippen LogP contribution in [0, 0.1) is 17.3 Å². The van der Waals surface area contributed by atoms with E-state index in [1.54, 1.807) is 0 Å². The summed E-state index contributed by atoms with van der Waals surface area (Å²) in [5.74, 6) is 1.61. The Balaban J connectivity index is 2.50. The molecular weight excluding hydrogens is 220 g/mol. The molecule has 0 spiro atoms. The van der Waals surface area contributed by atoms with Gasteiger partial charge in [-0.3, -0.25) is 4.90 Å². The summed E-state index contributed by atoms with van der Waals surface area (Å²) < 4.78 is 0. The molecule has 1 heterocycles. The number of nitrogens with one attached hydrogen (secondary N) is 1. The van der Waals surface area contributed by atoms with Crippen molar-refractivity contribution in [1.82, 2.24) is 10.2 Å². The molecule has 2 atom stereocenters. The van der Waals surface area contributed by atoms with Crippen LogP contribution in [0.4, 0.5) is 0 Å². The Hall–Kier alpha value is -0.0800. The van der Waals surface area contributed by atoms with Gasteiger partial charge in [-0.2, -0.15) is 0 Å². The first-order chi connectivity index (χ1) is 8.36. The van der Waals surface area contributed by atoms with Gasteiger partial charge in [0, 0.05) is 19.1 Å². The van der Waals surface area contributed by atoms with Crippen LogP contribution in [0.2, 0.25) is 0 Å². The highest BCUT2D eigenvalue weighted by molar-refractivity contribution is 4.88. The van der Waals surface area contributed by atoms with Crippen molar-refractivity contribution in [3.05, 3.63) is 0 Å². The van der Waals surface area contributed by atoms with Crippen LogP contribution in [0.15, 0.2) is 0 Å². The zero-order valence-electron chi connectivity index (χ0n) is 13.4. The van der Waals surface area contributed by atoms with E-state index in [2.05, 4.69) is 51.8 Å². The van der Waals surface area contributed by atoms with E-state index in [1.165, 1.54) is 25.9 Å². The van der Waals surface area contributed by atoms with E-state index in [-0.39, 0.29) is 0 Å². The maximum absolute atomic E-state index is 3.61. The topological polar surface area (TPSA) is 15.3 Å². The van der Waals surface area contributed by atoms with Crippen LogP contribution in [0.25, 0.3) is 0 Å². The van der Waals surface area contributed by atoms with Crippen LogP contribution in [0.5, 0.6) is 0 Å². The van der Waals surface area contributed by atoms with Crippen molar-refractivity contribution < 1.29 is 0 Å². The highest BCUT2D eigenvalue weighted by Gasteiger charge is 2.35. The second-order valence-corrected chi connectivity index (χ2v) is 7.36. The van der Waals surface area contributed by atoms with E-state index in [0.717, 1.165) is 24.9 Å². The minimum Gasteiger partial charge on any atom is -0.315 e. The SMILES string of the molecule is CCCNCC(C(C)C)N1CCC(C(C)(C)C)C1. The van der Waals surface area contributed by atoms with Crippen LogP contribution < -0.4 is 5.32 Å². The third kappa shape index (κ3) is 4.55. The van der Waals surface area contributed by atoms with E-state index in [9.17, 15) is 0 Å². The van der Waals surface area contributed by atoms with Gasteiger partial charge in [-0.15, -0.1) is 0 Å². The molecule has 2 nitrogen and oxygen atoms in total. The second kappa shape index (κ2) is 6.91. The lowest BCUT2D eigenvalue weighted by atomic mass is 9.80. The molecule has 108 valence electrons. The summed E-state index contributed by atoms with van der Waals surface area (Å²) in [5.41, 5.74) is 0.465. The van der Waals surface area contributed by atoms with Gasteiger partial charge in [0.2, 0.25) is 0 Å².